The summed E-state index contributed by atoms with van der Waals surface area (Å²) in [7, 11) is 0. The van der Waals surface area contributed by atoms with Crippen LogP contribution in [0.1, 0.15) is 32.6 Å². The minimum Gasteiger partial charge on any atom is -0.484 e. The van der Waals surface area contributed by atoms with Crippen LogP contribution in [-0.2, 0) is 0 Å². The third-order valence-corrected chi connectivity index (χ3v) is 4.55. The maximum Gasteiger partial charge on any atom is 0.170 e. The van der Waals surface area contributed by atoms with Gasteiger partial charge in [0.2, 0.25) is 0 Å². The number of ketones is 1. The Morgan fingerprint density at radius 3 is 2.89 bits per heavy atom. The molecule has 1 aromatic carbocycles. The summed E-state index contributed by atoms with van der Waals surface area (Å²) >= 11 is 5.09. The summed E-state index contributed by atoms with van der Waals surface area (Å²) in [5.41, 5.74) is 0.683. The lowest BCUT2D eigenvalue weighted by Gasteiger charge is -2.24. The van der Waals surface area contributed by atoms with Crippen molar-refractivity contribution < 1.29 is 9.53 Å². The molecule has 1 aromatic heterocycles. The molecule has 1 aliphatic rings. The minimum atomic E-state index is -0.141. The van der Waals surface area contributed by atoms with E-state index in [9.17, 15) is 4.79 Å². The van der Waals surface area contributed by atoms with Gasteiger partial charge in [-0.3, -0.25) is 4.79 Å². The molecule has 2 nitrogen and oxygen atoms in total. The van der Waals surface area contributed by atoms with Gasteiger partial charge in [-0.25, -0.2) is 0 Å². The Balaban J connectivity index is 1.98. The van der Waals surface area contributed by atoms with Crippen molar-refractivity contribution in [2.24, 2.45) is 0 Å². The zero-order valence-electron chi connectivity index (χ0n) is 9.77. The van der Waals surface area contributed by atoms with Crippen molar-refractivity contribution in [2.45, 2.75) is 19.4 Å². The first-order valence-corrected chi connectivity index (χ1v) is 7.30. The number of rotatable bonds is 1. The third-order valence-electron chi connectivity index (χ3n) is 2.96. The highest BCUT2D eigenvalue weighted by Crippen LogP contribution is 2.38. The summed E-state index contributed by atoms with van der Waals surface area (Å²) < 4.78 is 6.87. The molecule has 0 amide bonds. The van der Waals surface area contributed by atoms with Crippen LogP contribution in [0, 0.1) is 6.92 Å². The van der Waals surface area contributed by atoms with Gasteiger partial charge in [0, 0.05) is 14.2 Å². The molecule has 0 aliphatic carbocycles. The summed E-state index contributed by atoms with van der Waals surface area (Å²) in [6, 6.07) is 9.65. The zero-order valence-corrected chi connectivity index (χ0v) is 12.2. The number of carbonyl (C=O) groups is 1. The molecule has 0 spiro atoms. The molecule has 0 bridgehead atoms. The van der Waals surface area contributed by atoms with Crippen molar-refractivity contribution in [3.63, 3.8) is 0 Å². The van der Waals surface area contributed by atoms with Crippen LogP contribution in [0.5, 0.6) is 5.75 Å². The Morgan fingerprint density at radius 1 is 1.33 bits per heavy atom. The fourth-order valence-corrected chi connectivity index (χ4v) is 3.33. The molecule has 4 heteroatoms. The Kier molecular flexibility index (Phi) is 2.99. The van der Waals surface area contributed by atoms with Crippen LogP contribution in [0.15, 0.2) is 34.8 Å². The van der Waals surface area contributed by atoms with Gasteiger partial charge in [-0.15, -0.1) is 11.3 Å². The number of ether oxygens (including phenoxy) is 1. The molecule has 2 heterocycles. The first-order chi connectivity index (χ1) is 8.63. The number of halogens is 1. The van der Waals surface area contributed by atoms with Gasteiger partial charge < -0.3 is 4.74 Å². The van der Waals surface area contributed by atoms with E-state index in [1.54, 1.807) is 11.3 Å². The van der Waals surface area contributed by atoms with E-state index < -0.39 is 0 Å². The first kappa shape index (κ1) is 11.9. The maximum absolute atomic E-state index is 12.1. The van der Waals surface area contributed by atoms with Crippen molar-refractivity contribution in [1.82, 2.24) is 0 Å². The second-order valence-corrected chi connectivity index (χ2v) is 6.56. The predicted molar refractivity (Wildman–Crippen MR) is 75.5 cm³/mol. The van der Waals surface area contributed by atoms with E-state index in [1.165, 1.54) is 4.88 Å². The monoisotopic (exact) mass is 322 g/mol. The lowest BCUT2D eigenvalue weighted by atomic mass is 10.00. The Bertz CT molecular complexity index is 618. The molecule has 0 saturated carbocycles. The summed E-state index contributed by atoms with van der Waals surface area (Å²) in [6.07, 6.45) is 0.284. The topological polar surface area (TPSA) is 26.3 Å². The molecular formula is C14H11BrO2S. The summed E-state index contributed by atoms with van der Waals surface area (Å²) in [5.74, 6) is 0.830. The molecule has 1 atom stereocenters. The zero-order chi connectivity index (χ0) is 12.7. The van der Waals surface area contributed by atoms with E-state index in [0.717, 1.165) is 9.35 Å². The van der Waals surface area contributed by atoms with E-state index in [1.807, 2.05) is 24.3 Å². The number of benzene rings is 1. The van der Waals surface area contributed by atoms with E-state index in [-0.39, 0.29) is 11.9 Å². The summed E-state index contributed by atoms with van der Waals surface area (Å²) in [5, 5.41) is 0. The van der Waals surface area contributed by atoms with Crippen LogP contribution in [0.4, 0.5) is 0 Å². The van der Waals surface area contributed by atoms with Gasteiger partial charge in [-0.2, -0.15) is 0 Å². The second kappa shape index (κ2) is 4.52. The molecule has 0 saturated heterocycles. The molecule has 18 heavy (non-hydrogen) atoms. The quantitative estimate of drug-likeness (QED) is 0.771. The fourth-order valence-electron chi connectivity index (χ4n) is 2.08. The largest absolute Gasteiger partial charge is 0.484 e. The highest BCUT2D eigenvalue weighted by atomic mass is 79.9. The Labute approximate surface area is 118 Å². The lowest BCUT2D eigenvalue weighted by molar-refractivity contribution is 0.0854. The van der Waals surface area contributed by atoms with Gasteiger partial charge in [-0.05, 0) is 37.3 Å². The number of carbonyl (C=O) groups excluding carboxylic acids is 1. The van der Waals surface area contributed by atoms with Crippen LogP contribution in [0.2, 0.25) is 0 Å². The number of hydrogen-bond donors (Lipinski definition) is 0. The number of thiophene rings is 1. The maximum atomic E-state index is 12.1. The number of fused-ring (bicyclic) bond motifs is 1. The Morgan fingerprint density at radius 2 is 2.17 bits per heavy atom. The highest BCUT2D eigenvalue weighted by Gasteiger charge is 2.28. The second-order valence-electron chi connectivity index (χ2n) is 4.32. The Hall–Kier alpha value is -1.13. The SMILES string of the molecule is Cc1ccc(C2CC(=O)c3ccc(Br)cc3O2)s1. The molecule has 2 aromatic rings. The van der Waals surface area contributed by atoms with Crippen molar-refractivity contribution in [2.75, 3.05) is 0 Å². The predicted octanol–water partition coefficient (Wildman–Crippen LogP) is 4.53. The van der Waals surface area contributed by atoms with Crippen LogP contribution >= 0.6 is 27.3 Å². The smallest absolute Gasteiger partial charge is 0.170 e. The third kappa shape index (κ3) is 2.10. The molecule has 0 fully saturated rings. The minimum absolute atomic E-state index is 0.141. The number of aryl methyl sites for hydroxylation is 1. The van der Waals surface area contributed by atoms with Crippen LogP contribution in [-0.4, -0.2) is 5.78 Å². The van der Waals surface area contributed by atoms with Crippen molar-refractivity contribution in [1.29, 1.82) is 0 Å². The molecule has 0 N–H and O–H groups in total. The fraction of sp³-hybridized carbons (Fsp3) is 0.214. The molecular weight excluding hydrogens is 312 g/mol. The molecule has 1 unspecified atom stereocenters. The van der Waals surface area contributed by atoms with E-state index >= 15 is 0 Å². The number of hydrogen-bond acceptors (Lipinski definition) is 3. The van der Waals surface area contributed by atoms with Crippen LogP contribution in [0.3, 0.4) is 0 Å². The van der Waals surface area contributed by atoms with Gasteiger partial charge in [0.05, 0.1) is 12.0 Å². The normalized spacial score (nSPS) is 18.3. The summed E-state index contributed by atoms with van der Waals surface area (Å²) in [6.45, 7) is 2.06. The van der Waals surface area contributed by atoms with Gasteiger partial charge in [0.15, 0.2) is 5.78 Å². The van der Waals surface area contributed by atoms with Crippen molar-refractivity contribution in [3.05, 3.63) is 50.1 Å². The summed E-state index contributed by atoms with van der Waals surface area (Å²) in [4.78, 5) is 14.5. The van der Waals surface area contributed by atoms with Gasteiger partial charge >= 0.3 is 0 Å². The van der Waals surface area contributed by atoms with Crippen LogP contribution in [0.25, 0.3) is 0 Å². The van der Waals surface area contributed by atoms with Gasteiger partial charge in [0.25, 0.3) is 0 Å². The van der Waals surface area contributed by atoms with Gasteiger partial charge in [-0.1, -0.05) is 15.9 Å². The molecule has 0 radical (unpaired) electrons. The van der Waals surface area contributed by atoms with Gasteiger partial charge in [0.1, 0.15) is 11.9 Å². The average Bonchev–Trinajstić information content (AvgIpc) is 2.75. The highest BCUT2D eigenvalue weighted by molar-refractivity contribution is 9.10. The molecule has 1 aliphatic heterocycles. The van der Waals surface area contributed by atoms with Crippen molar-refractivity contribution in [3.8, 4) is 5.75 Å². The van der Waals surface area contributed by atoms with E-state index in [0.29, 0.717) is 17.7 Å². The lowest BCUT2D eigenvalue weighted by Crippen LogP contribution is -2.19. The molecule has 3 rings (SSSR count). The average molecular weight is 323 g/mol. The number of Topliss-reactive ketones (excluding diaryl/α,β-unsaturated/α-hetero) is 1. The van der Waals surface area contributed by atoms with E-state index in [2.05, 4.69) is 28.9 Å². The van der Waals surface area contributed by atoms with E-state index in [4.69, 9.17) is 4.74 Å². The van der Waals surface area contributed by atoms with Crippen LogP contribution < -0.4 is 4.74 Å². The molecule has 92 valence electrons. The first-order valence-electron chi connectivity index (χ1n) is 5.69. The van der Waals surface area contributed by atoms with Crippen molar-refractivity contribution >= 4 is 33.0 Å². The standard InChI is InChI=1S/C14H11BrO2S/c1-8-2-5-14(18-8)13-7-11(16)10-4-3-9(15)6-12(10)17-13/h2-6,13H,7H2,1H3.